The maximum Gasteiger partial charge on any atom is 0.328 e. The Bertz CT molecular complexity index is 1340. The SMILES string of the molecule is Cn1c2c(n(CC3CC3)c1=O)=CCC(C1=C=C(Oc3ccccc3C#N)C=CC1)C=2. The third-order valence-corrected chi connectivity index (χ3v) is 6.06. The number of nitrogens with zero attached hydrogens (tertiary/aromatic N) is 3. The fourth-order valence-corrected chi connectivity index (χ4v) is 4.20. The fourth-order valence-electron chi connectivity index (χ4n) is 4.20. The number of fused-ring (bicyclic) bond motifs is 1. The molecule has 0 radical (unpaired) electrons. The van der Waals surface area contributed by atoms with E-state index >= 15 is 0 Å². The monoisotopic (exact) mass is 397 g/mol. The van der Waals surface area contributed by atoms with Crippen LogP contribution in [-0.4, -0.2) is 9.13 Å². The molecule has 0 bridgehead atoms. The van der Waals surface area contributed by atoms with E-state index in [0.717, 1.165) is 35.7 Å². The summed E-state index contributed by atoms with van der Waals surface area (Å²) in [5.41, 5.74) is 5.11. The molecule has 1 saturated carbocycles. The Kier molecular flexibility index (Phi) is 4.58. The van der Waals surface area contributed by atoms with Crippen molar-refractivity contribution in [1.29, 1.82) is 5.26 Å². The second-order valence-corrected chi connectivity index (χ2v) is 8.21. The van der Waals surface area contributed by atoms with E-state index in [1.807, 2.05) is 29.8 Å². The third kappa shape index (κ3) is 3.36. The summed E-state index contributed by atoms with van der Waals surface area (Å²) in [7, 11) is 1.86. The first kappa shape index (κ1) is 18.5. The molecule has 0 spiro atoms. The van der Waals surface area contributed by atoms with Gasteiger partial charge in [-0.1, -0.05) is 36.1 Å². The first-order valence-corrected chi connectivity index (χ1v) is 10.4. The van der Waals surface area contributed by atoms with E-state index in [1.165, 1.54) is 12.8 Å². The van der Waals surface area contributed by atoms with Gasteiger partial charge in [0.25, 0.3) is 0 Å². The van der Waals surface area contributed by atoms with Gasteiger partial charge < -0.3 is 4.74 Å². The number of ether oxygens (including phenoxy) is 1. The lowest BCUT2D eigenvalue weighted by molar-refractivity contribution is 0.442. The number of para-hydroxylation sites is 1. The first-order valence-electron chi connectivity index (χ1n) is 10.4. The lowest BCUT2D eigenvalue weighted by atomic mass is 9.89. The normalized spacial score (nSPS) is 19.7. The van der Waals surface area contributed by atoms with Gasteiger partial charge in [0.2, 0.25) is 0 Å². The molecule has 3 aliphatic rings. The van der Waals surface area contributed by atoms with Crippen LogP contribution in [0.3, 0.4) is 0 Å². The van der Waals surface area contributed by atoms with Crippen molar-refractivity contribution in [2.24, 2.45) is 18.9 Å². The largest absolute Gasteiger partial charge is 0.448 e. The molecular weight excluding hydrogens is 374 g/mol. The molecule has 1 fully saturated rings. The van der Waals surface area contributed by atoms with Crippen molar-refractivity contribution < 1.29 is 4.74 Å². The summed E-state index contributed by atoms with van der Waals surface area (Å²) < 4.78 is 9.67. The molecule has 150 valence electrons. The number of imidazole rings is 1. The first-order chi connectivity index (χ1) is 14.6. The van der Waals surface area contributed by atoms with Gasteiger partial charge in [-0.2, -0.15) is 5.26 Å². The predicted molar refractivity (Wildman–Crippen MR) is 115 cm³/mol. The molecule has 5 rings (SSSR count). The Hall–Kier alpha value is -3.48. The van der Waals surface area contributed by atoms with Crippen molar-refractivity contribution in [3.05, 3.63) is 80.2 Å². The zero-order valence-electron chi connectivity index (χ0n) is 17.0. The number of benzene rings is 1. The summed E-state index contributed by atoms with van der Waals surface area (Å²) in [5, 5.41) is 11.3. The van der Waals surface area contributed by atoms with E-state index in [4.69, 9.17) is 4.74 Å². The molecule has 1 atom stereocenters. The highest BCUT2D eigenvalue weighted by molar-refractivity contribution is 5.47. The quantitative estimate of drug-likeness (QED) is 0.729. The Morgan fingerprint density at radius 3 is 2.90 bits per heavy atom. The van der Waals surface area contributed by atoms with Gasteiger partial charge in [-0.3, -0.25) is 9.13 Å². The highest BCUT2D eigenvalue weighted by Crippen LogP contribution is 2.30. The standard InChI is InChI=1S/C25H23N3O2/c1-27-23-14-19(11-12-22(23)28(25(27)29)16-17-9-10-17)18-6-4-7-21(13-18)30-24-8-3-2-5-20(24)15-26/h2-5,7-8,12,14,17,19H,6,9-11,16H2,1H3. The summed E-state index contributed by atoms with van der Waals surface area (Å²) >= 11 is 0. The van der Waals surface area contributed by atoms with Gasteiger partial charge >= 0.3 is 5.69 Å². The number of hydrogen-bond acceptors (Lipinski definition) is 3. The molecular formula is C25H23N3O2. The molecule has 5 heteroatoms. The lowest BCUT2D eigenvalue weighted by Crippen LogP contribution is -2.36. The predicted octanol–water partition coefficient (Wildman–Crippen LogP) is 2.50. The smallest absolute Gasteiger partial charge is 0.328 e. The molecule has 0 N–H and O–H groups in total. The van der Waals surface area contributed by atoms with Crippen molar-refractivity contribution in [2.45, 2.75) is 32.2 Å². The summed E-state index contributed by atoms with van der Waals surface area (Å²) in [5.74, 6) is 1.98. The Balaban J connectivity index is 1.50. The van der Waals surface area contributed by atoms with Crippen LogP contribution in [0.4, 0.5) is 0 Å². The van der Waals surface area contributed by atoms with Gasteiger partial charge in [-0.25, -0.2) is 4.79 Å². The molecule has 1 unspecified atom stereocenters. The highest BCUT2D eigenvalue weighted by atomic mass is 16.5. The van der Waals surface area contributed by atoms with Gasteiger partial charge in [-0.05, 0) is 55.4 Å². The molecule has 1 aromatic carbocycles. The molecule has 3 aliphatic carbocycles. The molecule has 0 saturated heterocycles. The average molecular weight is 397 g/mol. The van der Waals surface area contributed by atoms with E-state index in [-0.39, 0.29) is 11.6 Å². The van der Waals surface area contributed by atoms with Crippen molar-refractivity contribution in [2.75, 3.05) is 0 Å². The van der Waals surface area contributed by atoms with Crippen LogP contribution in [0, 0.1) is 23.2 Å². The van der Waals surface area contributed by atoms with Gasteiger partial charge in [0.1, 0.15) is 11.8 Å². The Morgan fingerprint density at radius 2 is 2.10 bits per heavy atom. The molecule has 1 heterocycles. The van der Waals surface area contributed by atoms with Crippen LogP contribution in [0.2, 0.25) is 0 Å². The second-order valence-electron chi connectivity index (χ2n) is 8.21. The van der Waals surface area contributed by atoms with Gasteiger partial charge in [0.15, 0.2) is 5.76 Å². The van der Waals surface area contributed by atoms with Crippen LogP contribution in [0.25, 0.3) is 12.2 Å². The minimum atomic E-state index is 0.0743. The van der Waals surface area contributed by atoms with E-state index < -0.39 is 0 Å². The molecule has 1 aromatic heterocycles. The summed E-state index contributed by atoms with van der Waals surface area (Å²) in [6.45, 7) is 0.832. The van der Waals surface area contributed by atoms with Crippen molar-refractivity contribution in [3.63, 3.8) is 0 Å². The minimum Gasteiger partial charge on any atom is -0.448 e. The van der Waals surface area contributed by atoms with Crippen LogP contribution in [0.15, 0.2) is 58.3 Å². The van der Waals surface area contributed by atoms with Crippen LogP contribution in [0.5, 0.6) is 5.75 Å². The zero-order valence-corrected chi connectivity index (χ0v) is 17.0. The van der Waals surface area contributed by atoms with E-state index in [2.05, 4.69) is 30.0 Å². The molecule has 30 heavy (non-hydrogen) atoms. The van der Waals surface area contributed by atoms with Crippen LogP contribution >= 0.6 is 0 Å². The fraction of sp³-hybridized carbons (Fsp3) is 0.320. The van der Waals surface area contributed by atoms with E-state index in [9.17, 15) is 10.1 Å². The average Bonchev–Trinajstić information content (AvgIpc) is 3.57. The highest BCUT2D eigenvalue weighted by Gasteiger charge is 2.25. The number of allylic oxidation sites excluding steroid dienone is 2. The molecule has 2 aromatic rings. The zero-order chi connectivity index (χ0) is 20.7. The summed E-state index contributed by atoms with van der Waals surface area (Å²) in [6.07, 6.45) is 12.5. The topological polar surface area (TPSA) is 59.9 Å². The molecule has 5 nitrogen and oxygen atoms in total. The van der Waals surface area contributed by atoms with Crippen LogP contribution in [0.1, 0.15) is 31.2 Å². The van der Waals surface area contributed by atoms with Gasteiger partial charge in [-0.15, -0.1) is 0 Å². The summed E-state index contributed by atoms with van der Waals surface area (Å²) in [4.78, 5) is 12.7. The minimum absolute atomic E-state index is 0.0743. The maximum absolute atomic E-state index is 12.7. The van der Waals surface area contributed by atoms with E-state index in [0.29, 0.717) is 23.0 Å². The van der Waals surface area contributed by atoms with E-state index in [1.54, 1.807) is 16.7 Å². The Morgan fingerprint density at radius 1 is 1.27 bits per heavy atom. The number of hydrogen-bond donors (Lipinski definition) is 0. The third-order valence-electron chi connectivity index (χ3n) is 6.06. The Labute approximate surface area is 174 Å². The van der Waals surface area contributed by atoms with Crippen LogP contribution < -0.4 is 21.1 Å². The van der Waals surface area contributed by atoms with Crippen molar-refractivity contribution in [1.82, 2.24) is 9.13 Å². The van der Waals surface area contributed by atoms with Crippen LogP contribution in [-0.2, 0) is 13.6 Å². The van der Waals surface area contributed by atoms with Crippen molar-refractivity contribution in [3.8, 4) is 11.8 Å². The lowest BCUT2D eigenvalue weighted by Gasteiger charge is -2.17. The molecule has 0 aliphatic heterocycles. The second kappa shape index (κ2) is 7.40. The molecule has 0 amide bonds. The van der Waals surface area contributed by atoms with Gasteiger partial charge in [0, 0.05) is 19.5 Å². The van der Waals surface area contributed by atoms with Crippen molar-refractivity contribution >= 4 is 12.2 Å². The van der Waals surface area contributed by atoms with Gasteiger partial charge in [0.05, 0.1) is 16.3 Å². The number of nitriles is 1. The number of rotatable bonds is 5. The summed E-state index contributed by atoms with van der Waals surface area (Å²) in [6, 6.07) is 9.37. The maximum atomic E-state index is 12.7. The number of aromatic nitrogens is 2.